The maximum atomic E-state index is 13.0. The van der Waals surface area contributed by atoms with Crippen LogP contribution in [0.5, 0.6) is 5.75 Å². The number of methoxy groups -OCH3 is 1. The van der Waals surface area contributed by atoms with Gasteiger partial charge in [-0.15, -0.1) is 0 Å². The number of anilines is 1. The van der Waals surface area contributed by atoms with Crippen LogP contribution in [0.3, 0.4) is 0 Å². The molecule has 1 aromatic carbocycles. The third-order valence-electron chi connectivity index (χ3n) is 6.06. The van der Waals surface area contributed by atoms with Gasteiger partial charge in [-0.05, 0) is 6.07 Å². The van der Waals surface area contributed by atoms with Gasteiger partial charge in [-0.25, -0.2) is 0 Å². The minimum absolute atomic E-state index is 0.0946. The molecule has 39 heavy (non-hydrogen) atoms. The largest absolute Gasteiger partial charge is 0.494 e. The predicted octanol–water partition coefficient (Wildman–Crippen LogP) is -0.983. The highest BCUT2D eigenvalue weighted by atomic mass is 16.6. The average Bonchev–Trinajstić information content (AvgIpc) is 2.84. The van der Waals surface area contributed by atoms with Gasteiger partial charge >= 0.3 is 17.9 Å². The van der Waals surface area contributed by atoms with Crippen LogP contribution >= 0.6 is 0 Å². The molecule has 1 saturated heterocycles. The van der Waals surface area contributed by atoms with E-state index >= 15 is 0 Å². The van der Waals surface area contributed by atoms with Gasteiger partial charge in [0.2, 0.25) is 5.91 Å². The first-order chi connectivity index (χ1) is 18.5. The van der Waals surface area contributed by atoms with E-state index in [1.54, 1.807) is 19.6 Å². The van der Waals surface area contributed by atoms with Crippen molar-refractivity contribution in [3.63, 3.8) is 0 Å². The topological polar surface area (TPSA) is 206 Å². The number of carboxylic acid groups (broad SMARTS) is 3. The number of nitrogens with one attached hydrogen (secondary N) is 1. The summed E-state index contributed by atoms with van der Waals surface area (Å²) in [6.07, 6.45) is 0. The minimum atomic E-state index is -1.06. The van der Waals surface area contributed by atoms with E-state index in [0.717, 1.165) is 0 Å². The third kappa shape index (κ3) is 11.2. The SMILES string of the molecule is COc1cccc([N+](=O)[O-])c1NC(=O)CN1CCN(CC(=O)O)CCN(CC(=O)O)CCN(CC(=O)O)CC1. The number of hydrogen-bond acceptors (Lipinski definition) is 11. The van der Waals surface area contributed by atoms with Crippen molar-refractivity contribution in [3.05, 3.63) is 28.3 Å². The van der Waals surface area contributed by atoms with E-state index in [0.29, 0.717) is 0 Å². The number of nitro groups is 1. The zero-order valence-corrected chi connectivity index (χ0v) is 21.7. The van der Waals surface area contributed by atoms with Crippen molar-refractivity contribution >= 4 is 35.2 Å². The molecule has 0 saturated carbocycles. The Labute approximate surface area is 224 Å². The van der Waals surface area contributed by atoms with Gasteiger partial charge in [0, 0.05) is 58.4 Å². The molecule has 0 bridgehead atoms. The summed E-state index contributed by atoms with van der Waals surface area (Å²) in [4.78, 5) is 64.4. The molecule has 216 valence electrons. The Bertz CT molecular complexity index is 1010. The van der Waals surface area contributed by atoms with E-state index in [-0.39, 0.29) is 95.7 Å². The van der Waals surface area contributed by atoms with Gasteiger partial charge in [0.25, 0.3) is 5.69 Å². The lowest BCUT2D eigenvalue weighted by molar-refractivity contribution is -0.384. The Hall–Kier alpha value is -3.86. The van der Waals surface area contributed by atoms with Crippen LogP contribution in [0.15, 0.2) is 18.2 Å². The lowest BCUT2D eigenvalue weighted by Crippen LogP contribution is -2.49. The molecule has 1 amide bonds. The molecular formula is C23H34N6O10. The lowest BCUT2D eigenvalue weighted by Gasteiger charge is -2.32. The first kappa shape index (κ1) is 31.4. The van der Waals surface area contributed by atoms with Crippen molar-refractivity contribution in [1.82, 2.24) is 19.6 Å². The smallest absolute Gasteiger partial charge is 0.317 e. The van der Waals surface area contributed by atoms with Gasteiger partial charge in [-0.2, -0.15) is 0 Å². The Kier molecular flexibility index (Phi) is 12.5. The van der Waals surface area contributed by atoms with Gasteiger partial charge < -0.3 is 25.4 Å². The number of ether oxygens (including phenoxy) is 1. The fraction of sp³-hybridized carbons (Fsp3) is 0.565. The van der Waals surface area contributed by atoms with Crippen molar-refractivity contribution in [2.45, 2.75) is 0 Å². The van der Waals surface area contributed by atoms with Gasteiger partial charge in [0.1, 0.15) is 5.75 Å². The molecule has 0 atom stereocenters. The summed E-state index contributed by atoms with van der Waals surface area (Å²) in [5.74, 6) is -3.64. The number of carbonyl (C=O) groups is 4. The zero-order chi connectivity index (χ0) is 28.9. The second kappa shape index (κ2) is 15.5. The number of nitro benzene ring substituents is 1. The summed E-state index contributed by atoms with van der Waals surface area (Å²) < 4.78 is 5.16. The van der Waals surface area contributed by atoms with Crippen LogP contribution in [0.25, 0.3) is 0 Å². The number of benzene rings is 1. The van der Waals surface area contributed by atoms with Crippen LogP contribution < -0.4 is 10.1 Å². The number of hydrogen-bond donors (Lipinski definition) is 4. The standard InChI is InChI=1S/C23H34N6O10/c1-39-18-4-2-3-17(29(37)38)23(18)24-19(30)13-25-5-7-26(14-20(31)32)9-11-28(16-22(35)36)12-10-27(8-6-25)15-21(33)34/h2-4H,5-16H2,1H3,(H,24,30)(H,31,32)(H,33,34)(H,35,36). The maximum Gasteiger partial charge on any atom is 0.317 e. The van der Waals surface area contributed by atoms with E-state index < -0.39 is 28.7 Å². The summed E-state index contributed by atoms with van der Waals surface area (Å²) in [5.41, 5.74) is -0.439. The van der Waals surface area contributed by atoms with Gasteiger partial charge in [0.15, 0.2) is 5.69 Å². The second-order valence-corrected chi connectivity index (χ2v) is 8.95. The van der Waals surface area contributed by atoms with Crippen molar-refractivity contribution in [1.29, 1.82) is 0 Å². The zero-order valence-electron chi connectivity index (χ0n) is 21.7. The Morgan fingerprint density at radius 2 is 1.18 bits per heavy atom. The molecule has 16 nitrogen and oxygen atoms in total. The molecule has 1 heterocycles. The van der Waals surface area contributed by atoms with Crippen molar-refractivity contribution in [2.24, 2.45) is 0 Å². The Balaban J connectivity index is 2.22. The van der Waals surface area contributed by atoms with E-state index in [2.05, 4.69) is 5.32 Å². The number of carbonyl (C=O) groups excluding carboxylic acids is 1. The van der Waals surface area contributed by atoms with E-state index in [4.69, 9.17) is 4.74 Å². The highest BCUT2D eigenvalue weighted by Gasteiger charge is 2.24. The molecule has 0 aromatic heterocycles. The monoisotopic (exact) mass is 554 g/mol. The molecule has 0 aliphatic carbocycles. The molecule has 2 rings (SSSR count). The van der Waals surface area contributed by atoms with Crippen molar-refractivity contribution in [3.8, 4) is 5.75 Å². The van der Waals surface area contributed by atoms with Crippen LogP contribution in [0, 0.1) is 10.1 Å². The number of rotatable bonds is 11. The first-order valence-electron chi connectivity index (χ1n) is 12.1. The lowest BCUT2D eigenvalue weighted by atomic mass is 10.2. The fourth-order valence-electron chi connectivity index (χ4n) is 4.13. The highest BCUT2D eigenvalue weighted by Crippen LogP contribution is 2.33. The van der Waals surface area contributed by atoms with Crippen molar-refractivity contribution in [2.75, 3.05) is 91.0 Å². The summed E-state index contributed by atoms with van der Waals surface area (Å²) in [6.45, 7) is 0.838. The third-order valence-corrected chi connectivity index (χ3v) is 6.06. The fourth-order valence-corrected chi connectivity index (χ4v) is 4.13. The Morgan fingerprint density at radius 3 is 1.51 bits per heavy atom. The van der Waals surface area contributed by atoms with E-state index in [1.807, 2.05) is 0 Å². The first-order valence-corrected chi connectivity index (χ1v) is 12.1. The van der Waals surface area contributed by atoms with E-state index in [9.17, 15) is 44.6 Å². The number of aliphatic carboxylic acids is 3. The predicted molar refractivity (Wildman–Crippen MR) is 137 cm³/mol. The van der Waals surface area contributed by atoms with Gasteiger partial charge in [-0.3, -0.25) is 48.9 Å². The molecule has 1 fully saturated rings. The maximum absolute atomic E-state index is 13.0. The van der Waals surface area contributed by atoms with Crippen LogP contribution in [-0.2, 0) is 19.2 Å². The molecule has 16 heteroatoms. The van der Waals surface area contributed by atoms with Crippen LogP contribution in [0.2, 0.25) is 0 Å². The molecular weight excluding hydrogens is 520 g/mol. The summed E-state index contributed by atoms with van der Waals surface area (Å²) in [7, 11) is 1.32. The van der Waals surface area contributed by atoms with Gasteiger partial charge in [-0.1, -0.05) is 6.07 Å². The molecule has 1 aromatic rings. The highest BCUT2D eigenvalue weighted by molar-refractivity contribution is 5.96. The molecule has 4 N–H and O–H groups in total. The van der Waals surface area contributed by atoms with Gasteiger partial charge in [0.05, 0.1) is 38.2 Å². The normalized spacial score (nSPS) is 16.9. The summed E-state index contributed by atoms with van der Waals surface area (Å²) in [5, 5.41) is 41.9. The molecule has 0 radical (unpaired) electrons. The number of nitrogens with zero attached hydrogens (tertiary/aromatic N) is 5. The molecule has 0 spiro atoms. The summed E-state index contributed by atoms with van der Waals surface area (Å²) >= 11 is 0. The van der Waals surface area contributed by atoms with Crippen molar-refractivity contribution < 1.29 is 44.2 Å². The second-order valence-electron chi connectivity index (χ2n) is 8.95. The summed E-state index contributed by atoms with van der Waals surface area (Å²) in [6, 6.07) is 4.13. The number of amides is 1. The quantitative estimate of drug-likeness (QED) is 0.192. The van der Waals surface area contributed by atoms with Crippen LogP contribution in [0.4, 0.5) is 11.4 Å². The van der Waals surface area contributed by atoms with Crippen LogP contribution in [-0.4, -0.2) is 149 Å². The average molecular weight is 555 g/mol. The molecule has 1 aliphatic rings. The number of para-hydroxylation sites is 1. The van der Waals surface area contributed by atoms with E-state index in [1.165, 1.54) is 25.3 Å². The minimum Gasteiger partial charge on any atom is -0.494 e. The number of carboxylic acids is 3. The Morgan fingerprint density at radius 1 is 0.795 bits per heavy atom. The van der Waals surface area contributed by atoms with Crippen LogP contribution in [0.1, 0.15) is 0 Å². The molecule has 0 unspecified atom stereocenters. The molecule has 1 aliphatic heterocycles.